The molecule has 8 heteroatoms. The summed E-state index contributed by atoms with van der Waals surface area (Å²) in [5.41, 5.74) is 0.439. The Labute approximate surface area is 185 Å². The molecule has 1 unspecified atom stereocenters. The number of benzene rings is 1. The first-order chi connectivity index (χ1) is 14.8. The Hall–Kier alpha value is -1.80. The number of likely N-dealkylation sites (tertiary alicyclic amines) is 1. The van der Waals surface area contributed by atoms with Gasteiger partial charge in [-0.25, -0.2) is 0 Å². The van der Waals surface area contributed by atoms with Gasteiger partial charge in [-0.05, 0) is 51.3 Å². The molecule has 4 rings (SSSR count). The van der Waals surface area contributed by atoms with Crippen LogP contribution in [0.3, 0.4) is 0 Å². The van der Waals surface area contributed by atoms with Crippen LogP contribution in [0.25, 0.3) is 10.1 Å². The zero-order valence-corrected chi connectivity index (χ0v) is 18.8. The summed E-state index contributed by atoms with van der Waals surface area (Å²) in [6, 6.07) is 4.40. The molecule has 170 valence electrons. The Morgan fingerprint density at radius 3 is 2.61 bits per heavy atom. The lowest BCUT2D eigenvalue weighted by molar-refractivity contribution is -0.137. The van der Waals surface area contributed by atoms with Gasteiger partial charge in [0, 0.05) is 60.7 Å². The number of thiophene rings is 1. The maximum absolute atomic E-state index is 13.0. The summed E-state index contributed by atoms with van der Waals surface area (Å²) < 4.78 is 39.6. The van der Waals surface area contributed by atoms with E-state index in [1.165, 1.54) is 29.9 Å². The van der Waals surface area contributed by atoms with Crippen LogP contribution >= 0.6 is 11.3 Å². The molecule has 0 radical (unpaired) electrons. The molecule has 1 atom stereocenters. The highest BCUT2D eigenvalue weighted by molar-refractivity contribution is 7.17. The van der Waals surface area contributed by atoms with E-state index in [9.17, 15) is 18.0 Å². The minimum Gasteiger partial charge on any atom is -0.368 e. The number of nitrogens with zero attached hydrogens (tertiary/aromatic N) is 3. The molecule has 2 saturated heterocycles. The number of carbonyl (C=O) groups excluding carboxylic acids is 1. The third-order valence-electron chi connectivity index (χ3n) is 6.58. The number of carbonyl (C=O) groups is 1. The van der Waals surface area contributed by atoms with E-state index in [4.69, 9.17) is 0 Å². The fraction of sp³-hybridized carbons (Fsp3) is 0.609. The standard InChI is InChI=1S/C23H30F3N3OS/c1-17-5-2-3-10-29(17)22(30)6-4-9-27-11-13-28(14-12-27)20-16-31-21-15-18(23(24,25)26)7-8-19(20)21/h7-8,15-17H,2-6,9-14H2,1H3. The number of alkyl halides is 3. The number of hydrogen-bond donors (Lipinski definition) is 0. The fourth-order valence-electron chi connectivity index (χ4n) is 4.71. The summed E-state index contributed by atoms with van der Waals surface area (Å²) in [5, 5.41) is 2.87. The predicted molar refractivity (Wildman–Crippen MR) is 120 cm³/mol. The predicted octanol–water partition coefficient (Wildman–Crippen LogP) is 5.22. The molecule has 1 amide bonds. The first-order valence-electron chi connectivity index (χ1n) is 11.2. The Morgan fingerprint density at radius 1 is 1.13 bits per heavy atom. The van der Waals surface area contributed by atoms with Crippen LogP contribution in [0, 0.1) is 0 Å². The first-order valence-corrected chi connectivity index (χ1v) is 12.1. The second kappa shape index (κ2) is 9.36. The van der Waals surface area contributed by atoms with Gasteiger partial charge in [-0.1, -0.05) is 6.07 Å². The molecule has 4 nitrogen and oxygen atoms in total. The van der Waals surface area contributed by atoms with Crippen LogP contribution in [0.15, 0.2) is 23.6 Å². The summed E-state index contributed by atoms with van der Waals surface area (Å²) in [4.78, 5) is 19.2. The Kier molecular flexibility index (Phi) is 6.77. The zero-order chi connectivity index (χ0) is 22.0. The molecule has 3 heterocycles. The smallest absolute Gasteiger partial charge is 0.368 e. The number of hydrogen-bond acceptors (Lipinski definition) is 4. The van der Waals surface area contributed by atoms with Gasteiger partial charge in [0.05, 0.1) is 11.3 Å². The summed E-state index contributed by atoms with van der Waals surface area (Å²) >= 11 is 1.37. The van der Waals surface area contributed by atoms with Crippen molar-refractivity contribution >= 4 is 33.0 Å². The topological polar surface area (TPSA) is 26.8 Å². The van der Waals surface area contributed by atoms with Crippen LogP contribution < -0.4 is 4.90 Å². The first kappa shape index (κ1) is 22.4. The maximum atomic E-state index is 13.0. The second-order valence-electron chi connectivity index (χ2n) is 8.69. The summed E-state index contributed by atoms with van der Waals surface area (Å²) in [6.07, 6.45) is 0.635. The molecule has 2 aromatic rings. The number of piperazine rings is 1. The van der Waals surface area contributed by atoms with E-state index < -0.39 is 11.7 Å². The van der Waals surface area contributed by atoms with Gasteiger partial charge < -0.3 is 9.80 Å². The van der Waals surface area contributed by atoms with Crippen LogP contribution in [-0.4, -0.2) is 61.0 Å². The highest BCUT2D eigenvalue weighted by Gasteiger charge is 2.31. The lowest BCUT2D eigenvalue weighted by Gasteiger charge is -2.36. The van der Waals surface area contributed by atoms with Crippen molar-refractivity contribution in [3.05, 3.63) is 29.1 Å². The number of piperidine rings is 1. The molecule has 0 aliphatic carbocycles. The number of amides is 1. The Morgan fingerprint density at radius 2 is 1.90 bits per heavy atom. The number of anilines is 1. The summed E-state index contributed by atoms with van der Waals surface area (Å²) in [5.74, 6) is 0.286. The van der Waals surface area contributed by atoms with E-state index in [2.05, 4.69) is 16.7 Å². The van der Waals surface area contributed by atoms with E-state index in [1.54, 1.807) is 6.07 Å². The van der Waals surface area contributed by atoms with Crippen LogP contribution in [0.4, 0.5) is 18.9 Å². The fourth-order valence-corrected chi connectivity index (χ4v) is 5.72. The molecular formula is C23H30F3N3OS. The third kappa shape index (κ3) is 5.17. The van der Waals surface area contributed by atoms with Crippen molar-refractivity contribution in [2.24, 2.45) is 0 Å². The lowest BCUT2D eigenvalue weighted by atomic mass is 10.0. The molecule has 0 spiro atoms. The van der Waals surface area contributed by atoms with Gasteiger partial charge in [0.1, 0.15) is 0 Å². The van der Waals surface area contributed by atoms with Crippen LogP contribution in [0.1, 0.15) is 44.6 Å². The molecule has 2 aliphatic rings. The third-order valence-corrected chi connectivity index (χ3v) is 7.52. The highest BCUT2D eigenvalue weighted by atomic mass is 32.1. The number of fused-ring (bicyclic) bond motifs is 1. The summed E-state index contributed by atoms with van der Waals surface area (Å²) in [6.45, 7) is 7.49. The molecular weight excluding hydrogens is 423 g/mol. The van der Waals surface area contributed by atoms with Gasteiger partial charge in [0.2, 0.25) is 5.91 Å². The molecule has 2 fully saturated rings. The lowest BCUT2D eigenvalue weighted by Crippen LogP contribution is -2.47. The van der Waals surface area contributed by atoms with Gasteiger partial charge in [0.25, 0.3) is 0 Å². The van der Waals surface area contributed by atoms with Crippen LogP contribution in [-0.2, 0) is 11.0 Å². The van der Waals surface area contributed by atoms with Crippen LogP contribution in [0.2, 0.25) is 0 Å². The number of halogens is 3. The van der Waals surface area contributed by atoms with Gasteiger partial charge in [0.15, 0.2) is 0 Å². The molecule has 2 aliphatic heterocycles. The second-order valence-corrected chi connectivity index (χ2v) is 9.61. The largest absolute Gasteiger partial charge is 0.416 e. The Bertz CT molecular complexity index is 905. The van der Waals surface area contributed by atoms with E-state index in [1.807, 2.05) is 10.3 Å². The normalized spacial score (nSPS) is 21.1. The SMILES string of the molecule is CC1CCCCN1C(=O)CCCN1CCN(c2csc3cc(C(F)(F)F)ccc23)CC1. The van der Waals surface area contributed by atoms with Gasteiger partial charge >= 0.3 is 6.18 Å². The van der Waals surface area contributed by atoms with Crippen molar-refractivity contribution in [3.8, 4) is 0 Å². The average Bonchev–Trinajstić information content (AvgIpc) is 3.17. The average molecular weight is 454 g/mol. The molecule has 1 aromatic heterocycles. The van der Waals surface area contributed by atoms with Gasteiger partial charge in [-0.15, -0.1) is 11.3 Å². The minimum absolute atomic E-state index is 0.286. The van der Waals surface area contributed by atoms with E-state index in [-0.39, 0.29) is 5.91 Å². The van der Waals surface area contributed by atoms with Crippen molar-refractivity contribution in [3.63, 3.8) is 0 Å². The van der Waals surface area contributed by atoms with Crippen molar-refractivity contribution < 1.29 is 18.0 Å². The monoisotopic (exact) mass is 453 g/mol. The van der Waals surface area contributed by atoms with Crippen molar-refractivity contribution in [2.75, 3.05) is 44.2 Å². The number of rotatable bonds is 5. The van der Waals surface area contributed by atoms with E-state index in [0.29, 0.717) is 17.2 Å². The maximum Gasteiger partial charge on any atom is 0.416 e. The Balaban J connectivity index is 1.26. The molecule has 0 bridgehead atoms. The highest BCUT2D eigenvalue weighted by Crippen LogP contribution is 2.38. The van der Waals surface area contributed by atoms with Crippen LogP contribution in [0.5, 0.6) is 0 Å². The molecule has 0 N–H and O–H groups in total. The quantitative estimate of drug-likeness (QED) is 0.621. The van der Waals surface area contributed by atoms with E-state index in [0.717, 1.165) is 69.6 Å². The molecule has 0 saturated carbocycles. The minimum atomic E-state index is -4.31. The van der Waals surface area contributed by atoms with Gasteiger partial charge in [-0.3, -0.25) is 9.69 Å². The van der Waals surface area contributed by atoms with Crippen molar-refractivity contribution in [1.29, 1.82) is 0 Å². The van der Waals surface area contributed by atoms with Crippen molar-refractivity contribution in [1.82, 2.24) is 9.80 Å². The molecule has 31 heavy (non-hydrogen) atoms. The van der Waals surface area contributed by atoms with Crippen molar-refractivity contribution in [2.45, 2.75) is 51.2 Å². The van der Waals surface area contributed by atoms with Gasteiger partial charge in [-0.2, -0.15) is 13.2 Å². The van der Waals surface area contributed by atoms with E-state index >= 15 is 0 Å². The molecule has 1 aromatic carbocycles. The summed E-state index contributed by atoms with van der Waals surface area (Å²) in [7, 11) is 0. The zero-order valence-electron chi connectivity index (χ0n) is 18.0.